The van der Waals surface area contributed by atoms with E-state index in [1.165, 1.54) is 19.2 Å². The lowest BCUT2D eigenvalue weighted by Crippen LogP contribution is -2.23. The molecule has 0 unspecified atom stereocenters. The van der Waals surface area contributed by atoms with Crippen molar-refractivity contribution in [3.8, 4) is 5.75 Å². The van der Waals surface area contributed by atoms with Crippen molar-refractivity contribution in [1.82, 2.24) is 8.96 Å². The molecule has 0 aliphatic heterocycles. The Morgan fingerprint density at radius 3 is 2.43 bits per heavy atom. The van der Waals surface area contributed by atoms with Gasteiger partial charge in [0.15, 0.2) is 11.6 Å². The van der Waals surface area contributed by atoms with Gasteiger partial charge in [-0.2, -0.15) is 0 Å². The molecule has 2 aromatic carbocycles. The quantitative estimate of drug-likeness (QED) is 0.659. The molecule has 0 fully saturated rings. The van der Waals surface area contributed by atoms with E-state index < -0.39 is 21.1 Å². The number of anilines is 1. The molecule has 0 spiro atoms. The average molecular weight is 404 g/mol. The second-order valence-electron chi connectivity index (χ2n) is 6.45. The molecule has 3 rings (SSSR count). The Labute approximate surface area is 162 Å². The Morgan fingerprint density at radius 1 is 1.21 bits per heavy atom. The van der Waals surface area contributed by atoms with Gasteiger partial charge in [0.25, 0.3) is 0 Å². The van der Waals surface area contributed by atoms with Gasteiger partial charge < -0.3 is 10.5 Å². The maximum absolute atomic E-state index is 14.1. The summed E-state index contributed by atoms with van der Waals surface area (Å²) < 4.78 is 45.6. The van der Waals surface area contributed by atoms with Gasteiger partial charge in [-0.15, -0.1) is 0 Å². The standard InChI is InChI=1S/C19H21FN4O3S/c1-11(2)28(25,26)24-16-10-13(5-7-15(16)23-19(24)21)18(22-3)12-6-8-17(27-4)14(20)9-12/h5-11H,1-4H3,(H2,21,23). The molecule has 0 atom stereocenters. The van der Waals surface area contributed by atoms with Crippen LogP contribution in [-0.4, -0.2) is 42.5 Å². The van der Waals surface area contributed by atoms with Crippen LogP contribution in [0.4, 0.5) is 10.3 Å². The number of fused-ring (bicyclic) bond motifs is 1. The lowest BCUT2D eigenvalue weighted by atomic mass is 10.0. The van der Waals surface area contributed by atoms with Gasteiger partial charge >= 0.3 is 0 Å². The third-order valence-electron chi connectivity index (χ3n) is 4.41. The van der Waals surface area contributed by atoms with E-state index in [1.54, 1.807) is 45.2 Å². The molecular formula is C19H21FN4O3S. The Kier molecular flexibility index (Phi) is 5.12. The number of nitrogens with two attached hydrogens (primary N) is 1. The molecule has 9 heteroatoms. The summed E-state index contributed by atoms with van der Waals surface area (Å²) in [6, 6.07) is 9.57. The average Bonchev–Trinajstić information content (AvgIpc) is 2.98. The monoisotopic (exact) mass is 404 g/mol. The van der Waals surface area contributed by atoms with Gasteiger partial charge in [-0.25, -0.2) is 21.8 Å². The number of aliphatic imine (C=N–C) groups is 1. The Bertz CT molecular complexity index is 1180. The summed E-state index contributed by atoms with van der Waals surface area (Å²) in [5, 5.41) is -0.675. The van der Waals surface area contributed by atoms with Crippen molar-refractivity contribution >= 4 is 32.7 Å². The molecular weight excluding hydrogens is 383 g/mol. The molecule has 0 amide bonds. The van der Waals surface area contributed by atoms with Gasteiger partial charge in [0.05, 0.1) is 29.1 Å². The maximum Gasteiger partial charge on any atom is 0.244 e. The molecule has 0 saturated heterocycles. The normalized spacial score (nSPS) is 12.7. The van der Waals surface area contributed by atoms with Crippen LogP contribution < -0.4 is 10.5 Å². The summed E-state index contributed by atoms with van der Waals surface area (Å²) in [6.45, 7) is 3.15. The van der Waals surface area contributed by atoms with E-state index in [0.29, 0.717) is 27.9 Å². The fourth-order valence-electron chi connectivity index (χ4n) is 2.94. The van der Waals surface area contributed by atoms with Crippen molar-refractivity contribution < 1.29 is 17.5 Å². The van der Waals surface area contributed by atoms with Crippen molar-refractivity contribution in [2.75, 3.05) is 19.9 Å². The van der Waals surface area contributed by atoms with Gasteiger partial charge in [0.1, 0.15) is 0 Å². The van der Waals surface area contributed by atoms with Crippen molar-refractivity contribution in [2.24, 2.45) is 4.99 Å². The van der Waals surface area contributed by atoms with Crippen LogP contribution in [0, 0.1) is 5.82 Å². The number of rotatable bonds is 5. The zero-order valence-corrected chi connectivity index (χ0v) is 16.8. The van der Waals surface area contributed by atoms with Gasteiger partial charge in [-0.3, -0.25) is 4.99 Å². The first-order chi connectivity index (χ1) is 13.2. The predicted molar refractivity (Wildman–Crippen MR) is 108 cm³/mol. The molecule has 0 aliphatic carbocycles. The smallest absolute Gasteiger partial charge is 0.244 e. The molecule has 28 heavy (non-hydrogen) atoms. The van der Waals surface area contributed by atoms with E-state index in [9.17, 15) is 12.8 Å². The van der Waals surface area contributed by atoms with Crippen LogP contribution in [0.25, 0.3) is 11.0 Å². The van der Waals surface area contributed by atoms with E-state index in [0.717, 1.165) is 3.97 Å². The minimum Gasteiger partial charge on any atom is -0.494 e. The van der Waals surface area contributed by atoms with Crippen LogP contribution >= 0.6 is 0 Å². The summed E-state index contributed by atoms with van der Waals surface area (Å²) in [7, 11) is -0.736. The van der Waals surface area contributed by atoms with E-state index in [4.69, 9.17) is 10.5 Å². The first kappa shape index (κ1) is 19.8. The number of ether oxygens (including phenoxy) is 1. The molecule has 2 N–H and O–H groups in total. The fourth-order valence-corrected chi connectivity index (χ4v) is 4.08. The topological polar surface area (TPSA) is 99.6 Å². The summed E-state index contributed by atoms with van der Waals surface area (Å²) in [5.41, 5.74) is 8.31. The minimum absolute atomic E-state index is 0.105. The summed E-state index contributed by atoms with van der Waals surface area (Å²) in [5.74, 6) is -0.492. The minimum atomic E-state index is -3.71. The summed E-state index contributed by atoms with van der Waals surface area (Å²) >= 11 is 0. The van der Waals surface area contributed by atoms with E-state index >= 15 is 0 Å². The number of methoxy groups -OCH3 is 1. The fraction of sp³-hybridized carbons (Fsp3) is 0.263. The number of nitrogens with zero attached hydrogens (tertiary/aromatic N) is 3. The molecule has 0 saturated carbocycles. The molecule has 0 bridgehead atoms. The number of halogens is 1. The Hall–Kier alpha value is -2.94. The number of hydrogen-bond acceptors (Lipinski definition) is 6. The van der Waals surface area contributed by atoms with Crippen molar-refractivity contribution in [1.29, 1.82) is 0 Å². The molecule has 7 nitrogen and oxygen atoms in total. The molecule has 148 valence electrons. The maximum atomic E-state index is 14.1. The number of hydrogen-bond donors (Lipinski definition) is 1. The molecule has 1 aromatic heterocycles. The van der Waals surface area contributed by atoms with Crippen molar-refractivity contribution in [2.45, 2.75) is 19.1 Å². The van der Waals surface area contributed by atoms with Crippen LogP contribution in [-0.2, 0) is 10.0 Å². The first-order valence-electron chi connectivity index (χ1n) is 8.54. The van der Waals surface area contributed by atoms with E-state index in [1.807, 2.05) is 0 Å². The zero-order valence-electron chi connectivity index (χ0n) is 16.0. The van der Waals surface area contributed by atoms with Gasteiger partial charge in [0.2, 0.25) is 16.0 Å². The SMILES string of the molecule is CN=C(c1ccc(OC)c(F)c1)c1ccc2nc(N)n(S(=O)(=O)C(C)C)c2c1. The van der Waals surface area contributed by atoms with Gasteiger partial charge in [-0.05, 0) is 44.2 Å². The van der Waals surface area contributed by atoms with Crippen molar-refractivity contribution in [3.63, 3.8) is 0 Å². The predicted octanol–water partition coefficient (Wildman–Crippen LogP) is 2.82. The zero-order chi connectivity index (χ0) is 20.6. The molecule has 3 aromatic rings. The first-order valence-corrected chi connectivity index (χ1v) is 10.0. The van der Waals surface area contributed by atoms with Crippen LogP contribution in [0.5, 0.6) is 5.75 Å². The van der Waals surface area contributed by atoms with Crippen LogP contribution in [0.15, 0.2) is 41.4 Å². The van der Waals surface area contributed by atoms with Crippen LogP contribution in [0.3, 0.4) is 0 Å². The number of aromatic nitrogens is 2. The summed E-state index contributed by atoms with van der Waals surface area (Å²) in [6.07, 6.45) is 0. The number of imidazole rings is 1. The highest BCUT2D eigenvalue weighted by molar-refractivity contribution is 7.90. The second-order valence-corrected chi connectivity index (χ2v) is 8.79. The highest BCUT2D eigenvalue weighted by Gasteiger charge is 2.25. The third-order valence-corrected chi connectivity index (χ3v) is 6.49. The van der Waals surface area contributed by atoms with Crippen molar-refractivity contribution in [3.05, 3.63) is 53.3 Å². The number of benzene rings is 2. The molecule has 0 radical (unpaired) electrons. The van der Waals surface area contributed by atoms with E-state index in [2.05, 4.69) is 9.98 Å². The van der Waals surface area contributed by atoms with Gasteiger partial charge in [0, 0.05) is 18.2 Å². The van der Waals surface area contributed by atoms with Gasteiger partial charge in [-0.1, -0.05) is 6.07 Å². The third kappa shape index (κ3) is 3.22. The highest BCUT2D eigenvalue weighted by Crippen LogP contribution is 2.26. The van der Waals surface area contributed by atoms with E-state index in [-0.39, 0.29) is 11.7 Å². The Balaban J connectivity index is 2.20. The van der Waals surface area contributed by atoms with Crippen LogP contribution in [0.1, 0.15) is 25.0 Å². The lowest BCUT2D eigenvalue weighted by Gasteiger charge is -2.12. The number of nitrogen functional groups attached to an aromatic ring is 1. The Morgan fingerprint density at radius 2 is 1.86 bits per heavy atom. The second kappa shape index (κ2) is 7.23. The molecule has 0 aliphatic rings. The lowest BCUT2D eigenvalue weighted by molar-refractivity contribution is 0.386. The molecule has 1 heterocycles. The largest absolute Gasteiger partial charge is 0.494 e. The van der Waals surface area contributed by atoms with Crippen LogP contribution in [0.2, 0.25) is 0 Å². The summed E-state index contributed by atoms with van der Waals surface area (Å²) in [4.78, 5) is 8.41. The highest BCUT2D eigenvalue weighted by atomic mass is 32.2.